The average Bonchev–Trinajstić information content (AvgIpc) is 2.88. The summed E-state index contributed by atoms with van der Waals surface area (Å²) in [6, 6.07) is 25.0. The van der Waals surface area contributed by atoms with Crippen LogP contribution in [0.25, 0.3) is 0 Å². The van der Waals surface area contributed by atoms with Crippen LogP contribution in [0.3, 0.4) is 0 Å². The van der Waals surface area contributed by atoms with Gasteiger partial charge in [-0.1, -0.05) is 61.5 Å². The Morgan fingerprint density at radius 3 is 1.85 bits per heavy atom. The fourth-order valence-electron chi connectivity index (χ4n) is 3.35. The van der Waals surface area contributed by atoms with Crippen molar-refractivity contribution < 1.29 is 23.7 Å². The Bertz CT molecular complexity index is 926. The van der Waals surface area contributed by atoms with Gasteiger partial charge >= 0.3 is 6.09 Å². The van der Waals surface area contributed by atoms with Crippen LogP contribution in [0.5, 0.6) is 11.5 Å². The van der Waals surface area contributed by atoms with E-state index in [9.17, 15) is 4.79 Å². The van der Waals surface area contributed by atoms with Gasteiger partial charge in [0, 0.05) is 0 Å². The number of rotatable bonds is 11. The Morgan fingerprint density at radius 1 is 0.818 bits per heavy atom. The molecule has 0 fully saturated rings. The zero-order chi connectivity index (χ0) is 23.5. The van der Waals surface area contributed by atoms with E-state index in [0.717, 1.165) is 28.2 Å². The summed E-state index contributed by atoms with van der Waals surface area (Å²) in [5.74, 6) is 1.56. The van der Waals surface area contributed by atoms with Crippen molar-refractivity contribution in [2.75, 3.05) is 20.8 Å². The van der Waals surface area contributed by atoms with Gasteiger partial charge in [-0.3, -0.25) is 0 Å². The Labute approximate surface area is 195 Å². The standard InChI is InChI=1S/C27H31NO5/c1-4-23(28-27(29)33-18-20-8-6-5-7-9-20)19-32-26(21-10-14-24(30-2)15-11-21)22-12-16-25(31-3)17-13-22/h5-17,23,26H,4,18-19H2,1-3H3,(H,28,29). The SMILES string of the molecule is CCC(COC(c1ccc(OC)cc1)c1ccc(OC)cc1)NC(=O)OCc1ccccc1. The van der Waals surface area contributed by atoms with Crippen LogP contribution in [-0.2, 0) is 16.1 Å². The van der Waals surface area contributed by atoms with Gasteiger partial charge in [-0.2, -0.15) is 0 Å². The summed E-state index contributed by atoms with van der Waals surface area (Å²) < 4.78 is 22.2. The lowest BCUT2D eigenvalue weighted by molar-refractivity contribution is 0.0577. The second kappa shape index (κ2) is 12.5. The third-order valence-corrected chi connectivity index (χ3v) is 5.33. The molecular weight excluding hydrogens is 418 g/mol. The second-order valence-corrected chi connectivity index (χ2v) is 7.57. The van der Waals surface area contributed by atoms with Gasteiger partial charge in [-0.05, 0) is 47.4 Å². The summed E-state index contributed by atoms with van der Waals surface area (Å²) in [6.45, 7) is 2.56. The lowest BCUT2D eigenvalue weighted by atomic mass is 10.0. The molecule has 3 rings (SSSR count). The molecule has 0 aliphatic heterocycles. The van der Waals surface area contributed by atoms with Gasteiger partial charge in [-0.25, -0.2) is 4.79 Å². The molecule has 0 aromatic heterocycles. The maximum absolute atomic E-state index is 12.3. The first-order valence-electron chi connectivity index (χ1n) is 11.0. The largest absolute Gasteiger partial charge is 0.497 e. The van der Waals surface area contributed by atoms with E-state index in [0.29, 0.717) is 13.0 Å². The maximum Gasteiger partial charge on any atom is 0.407 e. The van der Waals surface area contributed by atoms with Crippen molar-refractivity contribution in [3.8, 4) is 11.5 Å². The molecule has 174 valence electrons. The Kier molecular flexibility index (Phi) is 9.15. The highest BCUT2D eigenvalue weighted by Gasteiger charge is 2.19. The fourth-order valence-corrected chi connectivity index (χ4v) is 3.35. The highest BCUT2D eigenvalue weighted by atomic mass is 16.5. The van der Waals surface area contributed by atoms with E-state index in [2.05, 4.69) is 5.32 Å². The van der Waals surface area contributed by atoms with Gasteiger partial charge in [0.1, 0.15) is 24.2 Å². The minimum atomic E-state index is -0.459. The zero-order valence-electron chi connectivity index (χ0n) is 19.3. The zero-order valence-corrected chi connectivity index (χ0v) is 19.3. The summed E-state index contributed by atoms with van der Waals surface area (Å²) in [6.07, 6.45) is -0.0592. The molecule has 0 saturated heterocycles. The summed E-state index contributed by atoms with van der Waals surface area (Å²) in [4.78, 5) is 12.3. The van der Waals surface area contributed by atoms with Crippen molar-refractivity contribution >= 4 is 6.09 Å². The number of hydrogen-bond donors (Lipinski definition) is 1. The molecule has 0 radical (unpaired) electrons. The molecule has 0 aliphatic rings. The normalized spacial score (nSPS) is 11.6. The van der Waals surface area contributed by atoms with Gasteiger partial charge in [0.25, 0.3) is 0 Å². The molecule has 33 heavy (non-hydrogen) atoms. The predicted molar refractivity (Wildman–Crippen MR) is 128 cm³/mol. The van der Waals surface area contributed by atoms with Crippen LogP contribution in [0.4, 0.5) is 4.79 Å². The van der Waals surface area contributed by atoms with Gasteiger partial charge < -0.3 is 24.3 Å². The molecular formula is C27H31NO5. The van der Waals surface area contributed by atoms with Gasteiger partial charge in [0.05, 0.1) is 26.9 Å². The number of carbonyl (C=O) groups excluding carboxylic acids is 1. The molecule has 1 N–H and O–H groups in total. The first kappa shape index (κ1) is 24.1. The number of hydrogen-bond acceptors (Lipinski definition) is 5. The number of carbonyl (C=O) groups is 1. The van der Waals surface area contributed by atoms with E-state index < -0.39 is 6.09 Å². The summed E-state index contributed by atoms with van der Waals surface area (Å²) >= 11 is 0. The fraction of sp³-hybridized carbons (Fsp3) is 0.296. The molecule has 0 saturated carbocycles. The highest BCUT2D eigenvalue weighted by Crippen LogP contribution is 2.29. The van der Waals surface area contributed by atoms with E-state index >= 15 is 0 Å². The molecule has 1 amide bonds. The predicted octanol–water partition coefficient (Wildman–Crippen LogP) is 5.51. The van der Waals surface area contributed by atoms with Crippen LogP contribution in [0, 0.1) is 0 Å². The molecule has 3 aromatic carbocycles. The second-order valence-electron chi connectivity index (χ2n) is 7.57. The molecule has 0 bridgehead atoms. The van der Waals surface area contributed by atoms with Crippen molar-refractivity contribution in [2.45, 2.75) is 32.1 Å². The smallest absolute Gasteiger partial charge is 0.407 e. The van der Waals surface area contributed by atoms with Crippen molar-refractivity contribution in [1.29, 1.82) is 0 Å². The van der Waals surface area contributed by atoms with Gasteiger partial charge in [0.2, 0.25) is 0 Å². The van der Waals surface area contributed by atoms with E-state index in [1.54, 1.807) is 14.2 Å². The van der Waals surface area contributed by atoms with Crippen molar-refractivity contribution in [1.82, 2.24) is 5.32 Å². The summed E-state index contributed by atoms with van der Waals surface area (Å²) in [7, 11) is 3.28. The Morgan fingerprint density at radius 2 is 1.36 bits per heavy atom. The van der Waals surface area contributed by atoms with Crippen LogP contribution >= 0.6 is 0 Å². The average molecular weight is 450 g/mol. The third-order valence-electron chi connectivity index (χ3n) is 5.33. The van der Waals surface area contributed by atoms with Crippen LogP contribution in [-0.4, -0.2) is 33.0 Å². The van der Waals surface area contributed by atoms with Crippen molar-refractivity contribution in [3.63, 3.8) is 0 Å². The molecule has 0 aliphatic carbocycles. The molecule has 6 nitrogen and oxygen atoms in total. The summed E-state index contributed by atoms with van der Waals surface area (Å²) in [5.41, 5.74) is 2.92. The molecule has 3 aromatic rings. The number of nitrogens with one attached hydrogen (secondary N) is 1. The number of methoxy groups -OCH3 is 2. The molecule has 0 spiro atoms. The van der Waals surface area contributed by atoms with E-state index in [4.69, 9.17) is 18.9 Å². The van der Waals surface area contributed by atoms with Crippen molar-refractivity contribution in [2.24, 2.45) is 0 Å². The lowest BCUT2D eigenvalue weighted by Crippen LogP contribution is -2.38. The summed E-state index contributed by atoms with van der Waals surface area (Å²) in [5, 5.41) is 2.91. The minimum absolute atomic E-state index is 0.188. The van der Waals surface area contributed by atoms with E-state index in [-0.39, 0.29) is 18.8 Å². The number of amides is 1. The first-order valence-corrected chi connectivity index (χ1v) is 11.0. The van der Waals surface area contributed by atoms with Gasteiger partial charge in [-0.15, -0.1) is 0 Å². The minimum Gasteiger partial charge on any atom is -0.497 e. The number of benzene rings is 3. The third kappa shape index (κ3) is 7.26. The quantitative estimate of drug-likeness (QED) is 0.418. The Hall–Kier alpha value is -3.51. The van der Waals surface area contributed by atoms with Crippen LogP contribution in [0.1, 0.15) is 36.1 Å². The monoisotopic (exact) mass is 449 g/mol. The van der Waals surface area contributed by atoms with E-state index in [1.165, 1.54) is 0 Å². The van der Waals surface area contributed by atoms with E-state index in [1.807, 2.05) is 85.8 Å². The van der Waals surface area contributed by atoms with Crippen LogP contribution in [0.2, 0.25) is 0 Å². The maximum atomic E-state index is 12.3. The molecule has 1 unspecified atom stereocenters. The Balaban J connectivity index is 1.65. The highest BCUT2D eigenvalue weighted by molar-refractivity contribution is 5.67. The molecule has 6 heteroatoms. The number of ether oxygens (including phenoxy) is 4. The van der Waals surface area contributed by atoms with Crippen LogP contribution in [0.15, 0.2) is 78.9 Å². The molecule has 0 heterocycles. The first-order chi connectivity index (χ1) is 16.1. The van der Waals surface area contributed by atoms with Gasteiger partial charge in [0.15, 0.2) is 0 Å². The topological polar surface area (TPSA) is 66.0 Å². The lowest BCUT2D eigenvalue weighted by Gasteiger charge is -2.23. The van der Waals surface area contributed by atoms with Crippen LogP contribution < -0.4 is 14.8 Å². The molecule has 1 atom stereocenters. The van der Waals surface area contributed by atoms with Crippen molar-refractivity contribution in [3.05, 3.63) is 95.6 Å². The number of alkyl carbamates (subject to hydrolysis) is 1.